The van der Waals surface area contributed by atoms with Crippen LogP contribution in [0.1, 0.15) is 65.9 Å². The average Bonchev–Trinajstić information content (AvgIpc) is 3.70. The number of hydrogen-bond donors (Lipinski definition) is 1. The summed E-state index contributed by atoms with van der Waals surface area (Å²) in [6, 6.07) is 2.09. The Balaban J connectivity index is 0.00000245. The average molecular weight is 662 g/mol. The van der Waals surface area contributed by atoms with E-state index >= 15 is 4.39 Å². The van der Waals surface area contributed by atoms with Gasteiger partial charge in [-0.05, 0) is 83.8 Å². The summed E-state index contributed by atoms with van der Waals surface area (Å²) in [4.78, 5) is 11.2. The van der Waals surface area contributed by atoms with Gasteiger partial charge in [0.05, 0.1) is 5.69 Å². The quantitative estimate of drug-likeness (QED) is 0.268. The lowest BCUT2D eigenvalue weighted by Crippen LogP contribution is -2.34. The predicted molar refractivity (Wildman–Crippen MR) is 200 cm³/mol. The topological polar surface area (TPSA) is 43.3 Å². The summed E-state index contributed by atoms with van der Waals surface area (Å²) in [5, 5.41) is 4.12. The van der Waals surface area contributed by atoms with Gasteiger partial charge in [0.2, 0.25) is 0 Å². The Labute approximate surface area is 287 Å². The Morgan fingerprint density at radius 1 is 1.21 bits per heavy atom. The number of rotatable bonds is 9. The van der Waals surface area contributed by atoms with E-state index in [-0.39, 0.29) is 17.8 Å². The third-order valence-corrected chi connectivity index (χ3v) is 9.64. The predicted octanol–water partition coefficient (Wildman–Crippen LogP) is 8.99. The Morgan fingerprint density at radius 3 is 2.66 bits per heavy atom. The van der Waals surface area contributed by atoms with Crippen LogP contribution in [0.3, 0.4) is 0 Å². The molecule has 0 aliphatic carbocycles. The van der Waals surface area contributed by atoms with Crippen LogP contribution in [0, 0.1) is 11.7 Å². The largest absolute Gasteiger partial charge is 0.482 e. The van der Waals surface area contributed by atoms with Gasteiger partial charge in [-0.25, -0.2) is 4.39 Å². The van der Waals surface area contributed by atoms with Gasteiger partial charge in [-0.1, -0.05) is 63.4 Å². The van der Waals surface area contributed by atoms with Crippen molar-refractivity contribution >= 4 is 34.8 Å². The second-order valence-corrected chi connectivity index (χ2v) is 12.9. The lowest BCUT2D eigenvalue weighted by atomic mass is 9.90. The molecule has 4 atom stereocenters. The first kappa shape index (κ1) is 36.3. The highest BCUT2D eigenvalue weighted by atomic mass is 35.5. The van der Waals surface area contributed by atoms with E-state index in [2.05, 4.69) is 71.0 Å². The van der Waals surface area contributed by atoms with E-state index in [4.69, 9.17) is 16.3 Å². The molecule has 0 bridgehead atoms. The minimum atomic E-state index is -0.396. The van der Waals surface area contributed by atoms with Crippen molar-refractivity contribution in [2.75, 3.05) is 43.0 Å². The highest BCUT2D eigenvalue weighted by Crippen LogP contribution is 2.51. The summed E-state index contributed by atoms with van der Waals surface area (Å²) in [6.07, 6.45) is 17.3. The third kappa shape index (κ3) is 8.13. The monoisotopic (exact) mass is 661 g/mol. The van der Waals surface area contributed by atoms with Crippen molar-refractivity contribution in [3.63, 3.8) is 0 Å². The molecule has 1 aromatic rings. The number of anilines is 2. The van der Waals surface area contributed by atoms with Crippen LogP contribution in [0.4, 0.5) is 15.8 Å². The van der Waals surface area contributed by atoms with E-state index in [1.165, 1.54) is 12.8 Å². The summed E-state index contributed by atoms with van der Waals surface area (Å²) >= 11 is 6.58. The fourth-order valence-corrected chi connectivity index (χ4v) is 7.17. The smallest absolute Gasteiger partial charge is 0.170 e. The standard InChI is InChI=1S/C37H47ClFN5O.C2H6/c1-8-16-41-34(9-2)28-15-19-43(22-28)36-33(39)21-31-26(5)32(27(6)40-17-14-30-11-10-18-42(30)7)23-44-24(3)12-13-29(38)20-25(4)45-37(36)35(31)44;1-2/h8-9,12-13,16,20-21,23-25,28,30,40H,1,5-6,10-11,14-15,17-19,22H2,2-4,7H3;1-2H3/b13-12-,29-20+,34-9-,41-16?;. The minimum absolute atomic E-state index is 0.114. The summed E-state index contributed by atoms with van der Waals surface area (Å²) in [5.41, 5.74) is 5.28. The summed E-state index contributed by atoms with van der Waals surface area (Å²) in [7, 11) is 2.19. The zero-order chi connectivity index (χ0) is 34.2. The van der Waals surface area contributed by atoms with Crippen molar-refractivity contribution in [2.45, 2.75) is 78.5 Å². The van der Waals surface area contributed by atoms with Crippen molar-refractivity contribution in [3.8, 4) is 5.75 Å². The van der Waals surface area contributed by atoms with Crippen LogP contribution >= 0.6 is 11.6 Å². The maximum atomic E-state index is 16.5. The molecule has 0 amide bonds. The van der Waals surface area contributed by atoms with E-state index in [9.17, 15) is 0 Å². The molecule has 2 fully saturated rings. The maximum Gasteiger partial charge on any atom is 0.170 e. The van der Waals surface area contributed by atoms with E-state index < -0.39 is 6.10 Å². The van der Waals surface area contributed by atoms with E-state index in [0.717, 1.165) is 54.2 Å². The minimum Gasteiger partial charge on any atom is -0.482 e. The van der Waals surface area contributed by atoms with Crippen LogP contribution in [0.25, 0.3) is 5.57 Å². The highest BCUT2D eigenvalue weighted by Gasteiger charge is 2.36. The molecular weight excluding hydrogens is 609 g/mol. The fourth-order valence-electron chi connectivity index (χ4n) is 6.92. The van der Waals surface area contributed by atoms with Gasteiger partial charge in [-0.2, -0.15) is 0 Å². The Kier molecular flexibility index (Phi) is 12.8. The Morgan fingerprint density at radius 2 is 1.98 bits per heavy atom. The third-order valence-electron chi connectivity index (χ3n) is 9.39. The normalized spacial score (nSPS) is 26.5. The van der Waals surface area contributed by atoms with Crippen LogP contribution in [0.15, 0.2) is 89.4 Å². The fraction of sp³-hybridized carbons (Fsp3) is 0.462. The lowest BCUT2D eigenvalue weighted by Gasteiger charge is -2.38. The molecule has 0 aromatic heterocycles. The summed E-state index contributed by atoms with van der Waals surface area (Å²) in [5.74, 6) is 0.323. The van der Waals surface area contributed by atoms with Gasteiger partial charge in [0.1, 0.15) is 11.8 Å². The lowest BCUT2D eigenvalue weighted by molar-refractivity contribution is 0.269. The number of aliphatic imine (C=N–C) groups is 1. The van der Waals surface area contributed by atoms with Crippen molar-refractivity contribution in [1.29, 1.82) is 0 Å². The van der Waals surface area contributed by atoms with Crippen molar-refractivity contribution < 1.29 is 9.13 Å². The van der Waals surface area contributed by atoms with Crippen molar-refractivity contribution in [2.24, 2.45) is 10.9 Å². The molecule has 8 heteroatoms. The van der Waals surface area contributed by atoms with Crippen LogP contribution in [-0.2, 0) is 0 Å². The summed E-state index contributed by atoms with van der Waals surface area (Å²) in [6.45, 7) is 25.9. The molecule has 2 saturated heterocycles. The number of likely N-dealkylation sites (tertiary alicyclic amines) is 1. The highest BCUT2D eigenvalue weighted by molar-refractivity contribution is 6.31. The van der Waals surface area contributed by atoms with Crippen LogP contribution in [0.5, 0.6) is 5.75 Å². The van der Waals surface area contributed by atoms with Gasteiger partial charge in [-0.3, -0.25) is 4.99 Å². The molecule has 4 unspecified atom stereocenters. The first-order valence-electron chi connectivity index (χ1n) is 17.1. The second kappa shape index (κ2) is 16.5. The molecule has 4 aliphatic heterocycles. The van der Waals surface area contributed by atoms with E-state index in [1.54, 1.807) is 18.4 Å². The van der Waals surface area contributed by atoms with Gasteiger partial charge in [0, 0.05) is 77.6 Å². The summed E-state index contributed by atoms with van der Waals surface area (Å²) < 4.78 is 23.2. The first-order chi connectivity index (χ1) is 22.6. The van der Waals surface area contributed by atoms with Crippen molar-refractivity contribution in [1.82, 2.24) is 10.2 Å². The number of ether oxygens (including phenoxy) is 1. The number of allylic oxidation sites excluding steroid dienone is 5. The zero-order valence-corrected chi connectivity index (χ0v) is 29.9. The van der Waals surface area contributed by atoms with Crippen LogP contribution in [-0.4, -0.2) is 62.5 Å². The maximum absolute atomic E-state index is 16.5. The molecule has 254 valence electrons. The number of nitrogens with one attached hydrogen (secondary N) is 1. The molecular formula is C39H53ClFN5O. The molecule has 0 spiro atoms. The number of halogens is 2. The molecule has 4 heterocycles. The molecule has 0 radical (unpaired) electrons. The van der Waals surface area contributed by atoms with Crippen molar-refractivity contribution in [3.05, 3.63) is 95.8 Å². The molecule has 6 nitrogen and oxygen atoms in total. The first-order valence-corrected chi connectivity index (χ1v) is 17.5. The molecule has 47 heavy (non-hydrogen) atoms. The number of nitrogens with zero attached hydrogens (tertiary/aromatic N) is 4. The van der Waals surface area contributed by atoms with Gasteiger partial charge >= 0.3 is 0 Å². The molecule has 1 aromatic carbocycles. The van der Waals surface area contributed by atoms with Gasteiger partial charge in [0.25, 0.3) is 0 Å². The van der Waals surface area contributed by atoms with E-state index in [0.29, 0.717) is 41.2 Å². The molecule has 4 aliphatic rings. The number of hydrogen-bond acceptors (Lipinski definition) is 6. The number of benzene rings is 1. The Hall–Kier alpha value is -3.55. The van der Waals surface area contributed by atoms with Crippen LogP contribution < -0.4 is 19.9 Å². The zero-order valence-electron chi connectivity index (χ0n) is 29.2. The molecule has 5 rings (SSSR count). The van der Waals surface area contributed by atoms with Gasteiger partial charge in [-0.15, -0.1) is 0 Å². The molecule has 1 N–H and O–H groups in total. The van der Waals surface area contributed by atoms with Gasteiger partial charge in [0.15, 0.2) is 11.6 Å². The van der Waals surface area contributed by atoms with Gasteiger partial charge < -0.3 is 24.8 Å². The molecule has 0 saturated carbocycles. The Bertz CT molecular complexity index is 1490. The second-order valence-electron chi connectivity index (χ2n) is 12.5. The SMILES string of the molecule is C=CC=N/C(=C\C)C1CCN(c2c(F)cc3c4c2OC(C)/C=C(Cl)\C=C/C(C)N4C=C(C(=C)NCCC2CCCN2C)C3=C)C1.CC. The van der Waals surface area contributed by atoms with Crippen LogP contribution in [0.2, 0.25) is 0 Å². The van der Waals surface area contributed by atoms with E-state index in [1.807, 2.05) is 45.9 Å².